The first kappa shape index (κ1) is 18.7. The summed E-state index contributed by atoms with van der Waals surface area (Å²) in [5.41, 5.74) is 0.896. The highest BCUT2D eigenvalue weighted by molar-refractivity contribution is 7.09. The van der Waals surface area contributed by atoms with E-state index in [1.54, 1.807) is 11.3 Å². The molecule has 1 atom stereocenters. The SMILES string of the molecule is Cc1csc(C2(NC(=O)CC3CCCN3)CCC2)n1.Cl.Cl. The lowest BCUT2D eigenvalue weighted by Crippen LogP contribution is -2.51. The van der Waals surface area contributed by atoms with E-state index in [1.165, 1.54) is 12.8 Å². The lowest BCUT2D eigenvalue weighted by atomic mass is 9.77. The smallest absolute Gasteiger partial charge is 0.222 e. The molecule has 0 spiro atoms. The summed E-state index contributed by atoms with van der Waals surface area (Å²) < 4.78 is 0. The first-order valence-electron chi connectivity index (χ1n) is 7.15. The second-order valence-corrected chi connectivity index (χ2v) is 6.63. The van der Waals surface area contributed by atoms with Gasteiger partial charge in [0.1, 0.15) is 5.01 Å². The van der Waals surface area contributed by atoms with Gasteiger partial charge >= 0.3 is 0 Å². The van der Waals surface area contributed by atoms with Crippen LogP contribution in [0.1, 0.15) is 49.2 Å². The van der Waals surface area contributed by atoms with E-state index in [1.807, 2.05) is 6.92 Å². The van der Waals surface area contributed by atoms with Gasteiger partial charge in [-0.1, -0.05) is 0 Å². The monoisotopic (exact) mass is 351 g/mol. The van der Waals surface area contributed by atoms with Crippen LogP contribution in [0.3, 0.4) is 0 Å². The number of rotatable bonds is 4. The molecule has 1 aromatic rings. The first-order valence-corrected chi connectivity index (χ1v) is 8.03. The molecule has 2 aliphatic rings. The molecular formula is C14H23Cl2N3OS. The molecule has 7 heteroatoms. The van der Waals surface area contributed by atoms with Crippen molar-refractivity contribution in [3.05, 3.63) is 16.1 Å². The Hall–Kier alpha value is -0.360. The minimum atomic E-state index is -0.158. The second-order valence-electron chi connectivity index (χ2n) is 5.78. The fraction of sp³-hybridized carbons (Fsp3) is 0.714. The number of aryl methyl sites for hydroxylation is 1. The van der Waals surface area contributed by atoms with Gasteiger partial charge < -0.3 is 10.6 Å². The molecular weight excluding hydrogens is 329 g/mol. The van der Waals surface area contributed by atoms with Crippen LogP contribution in [-0.2, 0) is 10.3 Å². The van der Waals surface area contributed by atoms with Crippen LogP contribution in [0.15, 0.2) is 5.38 Å². The van der Waals surface area contributed by atoms with Crippen LogP contribution >= 0.6 is 36.2 Å². The van der Waals surface area contributed by atoms with Crippen molar-refractivity contribution < 1.29 is 4.79 Å². The third-order valence-electron chi connectivity index (χ3n) is 4.21. The van der Waals surface area contributed by atoms with Crippen LogP contribution in [0, 0.1) is 6.92 Å². The van der Waals surface area contributed by atoms with Crippen molar-refractivity contribution in [3.63, 3.8) is 0 Å². The van der Waals surface area contributed by atoms with Crippen molar-refractivity contribution in [1.29, 1.82) is 0 Å². The Morgan fingerprint density at radius 1 is 1.48 bits per heavy atom. The second kappa shape index (κ2) is 7.77. The zero-order valence-corrected chi connectivity index (χ0v) is 14.6. The summed E-state index contributed by atoms with van der Waals surface area (Å²) in [5.74, 6) is 0.173. The molecule has 1 unspecified atom stereocenters. The number of aromatic nitrogens is 1. The van der Waals surface area contributed by atoms with Crippen LogP contribution in [0.5, 0.6) is 0 Å². The van der Waals surface area contributed by atoms with Crippen molar-refractivity contribution in [1.82, 2.24) is 15.6 Å². The quantitative estimate of drug-likeness (QED) is 0.876. The van der Waals surface area contributed by atoms with E-state index in [4.69, 9.17) is 0 Å². The zero-order chi connectivity index (χ0) is 13.3. The maximum atomic E-state index is 12.2. The number of thiazole rings is 1. The van der Waals surface area contributed by atoms with E-state index in [0.29, 0.717) is 12.5 Å². The molecule has 1 aromatic heterocycles. The largest absolute Gasteiger partial charge is 0.344 e. The van der Waals surface area contributed by atoms with Crippen molar-refractivity contribution in [2.45, 2.75) is 57.0 Å². The summed E-state index contributed by atoms with van der Waals surface area (Å²) in [7, 11) is 0. The van der Waals surface area contributed by atoms with E-state index in [-0.39, 0.29) is 36.3 Å². The number of amides is 1. The van der Waals surface area contributed by atoms with E-state index in [9.17, 15) is 4.79 Å². The summed E-state index contributed by atoms with van der Waals surface area (Å²) in [6.07, 6.45) is 6.16. The van der Waals surface area contributed by atoms with Gasteiger partial charge in [0.15, 0.2) is 0 Å². The van der Waals surface area contributed by atoms with Crippen molar-refractivity contribution in [3.8, 4) is 0 Å². The van der Waals surface area contributed by atoms with E-state index in [2.05, 4.69) is 21.0 Å². The number of carbonyl (C=O) groups is 1. The summed E-state index contributed by atoms with van der Waals surface area (Å²) in [4.78, 5) is 16.8. The molecule has 1 aliphatic heterocycles. The topological polar surface area (TPSA) is 54.0 Å². The molecule has 1 amide bonds. The van der Waals surface area contributed by atoms with E-state index >= 15 is 0 Å². The molecule has 0 radical (unpaired) electrons. The highest BCUT2D eigenvalue weighted by atomic mass is 35.5. The van der Waals surface area contributed by atoms with Crippen LogP contribution in [0.2, 0.25) is 0 Å². The number of nitrogens with zero attached hydrogens (tertiary/aromatic N) is 1. The van der Waals surface area contributed by atoms with Crippen LogP contribution in [-0.4, -0.2) is 23.5 Å². The third-order valence-corrected chi connectivity index (χ3v) is 5.37. The molecule has 3 rings (SSSR count). The fourth-order valence-electron chi connectivity index (χ4n) is 2.97. The maximum Gasteiger partial charge on any atom is 0.222 e. The minimum absolute atomic E-state index is 0. The van der Waals surface area contributed by atoms with Gasteiger partial charge in [0.2, 0.25) is 5.91 Å². The predicted molar refractivity (Wildman–Crippen MR) is 90.7 cm³/mol. The van der Waals surface area contributed by atoms with Crippen LogP contribution in [0.4, 0.5) is 0 Å². The summed E-state index contributed by atoms with van der Waals surface area (Å²) in [6, 6.07) is 0.371. The summed E-state index contributed by atoms with van der Waals surface area (Å²) >= 11 is 1.68. The molecule has 120 valence electrons. The van der Waals surface area contributed by atoms with Crippen LogP contribution in [0.25, 0.3) is 0 Å². The van der Waals surface area contributed by atoms with Gasteiger partial charge in [0, 0.05) is 23.5 Å². The lowest BCUT2D eigenvalue weighted by Gasteiger charge is -2.41. The van der Waals surface area contributed by atoms with Gasteiger partial charge in [0.25, 0.3) is 0 Å². The van der Waals surface area contributed by atoms with E-state index in [0.717, 1.165) is 36.5 Å². The Morgan fingerprint density at radius 2 is 2.24 bits per heavy atom. The molecule has 2 fully saturated rings. The van der Waals surface area contributed by atoms with Gasteiger partial charge in [-0.3, -0.25) is 4.79 Å². The molecule has 1 saturated carbocycles. The van der Waals surface area contributed by atoms with E-state index < -0.39 is 0 Å². The Bertz CT molecular complexity index is 471. The summed E-state index contributed by atoms with van der Waals surface area (Å²) in [5, 5.41) is 9.79. The first-order chi connectivity index (χ1) is 9.18. The normalized spacial score (nSPS) is 22.6. The van der Waals surface area contributed by atoms with Gasteiger partial charge in [-0.05, 0) is 45.6 Å². The molecule has 1 aliphatic carbocycles. The van der Waals surface area contributed by atoms with Gasteiger partial charge in [-0.25, -0.2) is 4.98 Å². The minimum Gasteiger partial charge on any atom is -0.344 e. The number of carbonyl (C=O) groups excluding carboxylic acids is 1. The maximum absolute atomic E-state index is 12.2. The molecule has 0 bridgehead atoms. The number of hydrogen-bond acceptors (Lipinski definition) is 4. The Kier molecular flexibility index (Phi) is 6.91. The third kappa shape index (κ3) is 4.09. The van der Waals surface area contributed by atoms with Gasteiger partial charge in [-0.15, -0.1) is 36.2 Å². The van der Waals surface area contributed by atoms with Crippen LogP contribution < -0.4 is 10.6 Å². The Balaban J connectivity index is 0.00000110. The number of halogens is 2. The molecule has 2 heterocycles. The van der Waals surface area contributed by atoms with Gasteiger partial charge in [0.05, 0.1) is 5.54 Å². The standard InChI is InChI=1S/C14H21N3OS.2ClH/c1-10-9-19-13(16-10)14(5-3-6-14)17-12(18)8-11-4-2-7-15-11;;/h9,11,15H,2-8H2,1H3,(H,17,18);2*1H. The molecule has 1 saturated heterocycles. The highest BCUT2D eigenvalue weighted by Crippen LogP contribution is 2.42. The zero-order valence-electron chi connectivity index (χ0n) is 12.2. The fourth-order valence-corrected chi connectivity index (χ4v) is 3.98. The average Bonchev–Trinajstić information content (AvgIpc) is 2.95. The average molecular weight is 352 g/mol. The van der Waals surface area contributed by atoms with Crippen molar-refractivity contribution in [2.75, 3.05) is 6.54 Å². The molecule has 2 N–H and O–H groups in total. The lowest BCUT2D eigenvalue weighted by molar-refractivity contribution is -0.124. The Morgan fingerprint density at radius 3 is 2.71 bits per heavy atom. The molecule has 4 nitrogen and oxygen atoms in total. The van der Waals surface area contributed by atoms with Crippen molar-refractivity contribution in [2.24, 2.45) is 0 Å². The Labute approximate surface area is 142 Å². The molecule has 0 aromatic carbocycles. The highest BCUT2D eigenvalue weighted by Gasteiger charge is 2.42. The van der Waals surface area contributed by atoms with Crippen molar-refractivity contribution >= 4 is 42.1 Å². The van der Waals surface area contributed by atoms with Gasteiger partial charge in [-0.2, -0.15) is 0 Å². The number of hydrogen-bond donors (Lipinski definition) is 2. The summed E-state index contributed by atoms with van der Waals surface area (Å²) in [6.45, 7) is 3.06. The molecule has 21 heavy (non-hydrogen) atoms. The predicted octanol–water partition coefficient (Wildman–Crippen LogP) is 2.93. The number of nitrogens with one attached hydrogen (secondary N) is 2.